The molecule has 1 aliphatic rings. The van der Waals surface area contributed by atoms with Gasteiger partial charge in [-0.05, 0) is 0 Å². The first-order valence-corrected chi connectivity index (χ1v) is 5.39. The second kappa shape index (κ2) is 2.41. The summed E-state index contributed by atoms with van der Waals surface area (Å²) >= 11 is 0.384. The summed E-state index contributed by atoms with van der Waals surface area (Å²) in [6.07, 6.45) is 3.66. The third-order valence-electron chi connectivity index (χ3n) is 0.367. The van der Waals surface area contributed by atoms with E-state index in [2.05, 4.69) is 5.80 Å². The molecule has 1 aliphatic heterocycles. The van der Waals surface area contributed by atoms with Crippen molar-refractivity contribution in [3.8, 4) is 0 Å². The molecule has 0 spiro atoms. The maximum atomic E-state index is 4.91. The zero-order valence-electron chi connectivity index (χ0n) is 3.00. The van der Waals surface area contributed by atoms with E-state index in [4.69, 9.17) is 3.82 Å². The monoisotopic (exact) mass is 166 g/mol. The topological polar surface area (TPSA) is 9.23 Å². The average Bonchev–Trinajstić information content (AvgIpc) is 1.72. The zero-order chi connectivity index (χ0) is 4.24. The molecular formula is C3H3OPSe. The molecule has 0 radical (unpaired) electrons. The maximum absolute atomic E-state index is 4.91. The Bertz CT molecular complexity index is 76.8. The molecule has 0 atom stereocenters. The van der Waals surface area contributed by atoms with Crippen LogP contribution in [0.25, 0.3) is 0 Å². The summed E-state index contributed by atoms with van der Waals surface area (Å²) in [6, 6.07) is 0. The molecule has 3 heteroatoms. The van der Waals surface area contributed by atoms with Crippen molar-refractivity contribution in [3.05, 3.63) is 12.3 Å². The molecule has 0 aromatic rings. The summed E-state index contributed by atoms with van der Waals surface area (Å²) in [7, 11) is 0. The molecule has 0 bridgehead atoms. The Hall–Kier alpha value is 0.229. The van der Waals surface area contributed by atoms with Gasteiger partial charge in [-0.2, -0.15) is 0 Å². The fraction of sp³-hybridized carbons (Fsp3) is 0. The molecule has 0 aromatic carbocycles. The van der Waals surface area contributed by atoms with E-state index in [1.54, 1.807) is 6.26 Å². The van der Waals surface area contributed by atoms with Crippen molar-refractivity contribution in [2.24, 2.45) is 0 Å². The van der Waals surface area contributed by atoms with Crippen LogP contribution in [0.4, 0.5) is 0 Å². The van der Waals surface area contributed by atoms with E-state index in [1.807, 2.05) is 6.08 Å². The molecule has 0 fully saturated rings. The van der Waals surface area contributed by atoms with Gasteiger partial charge in [0.2, 0.25) is 0 Å². The summed E-state index contributed by atoms with van der Waals surface area (Å²) in [5.41, 5.74) is 0. The van der Waals surface area contributed by atoms with Gasteiger partial charge in [-0.1, -0.05) is 0 Å². The van der Waals surface area contributed by atoms with E-state index in [9.17, 15) is 0 Å². The van der Waals surface area contributed by atoms with Crippen molar-refractivity contribution in [1.82, 2.24) is 0 Å². The summed E-state index contributed by atoms with van der Waals surface area (Å²) in [4.78, 5) is 0. The van der Waals surface area contributed by atoms with Crippen LogP contribution in [0.2, 0.25) is 0 Å². The van der Waals surface area contributed by atoms with Gasteiger partial charge < -0.3 is 0 Å². The van der Waals surface area contributed by atoms with Crippen LogP contribution in [0.15, 0.2) is 12.3 Å². The van der Waals surface area contributed by atoms with E-state index in [0.717, 1.165) is 0 Å². The van der Waals surface area contributed by atoms with Crippen molar-refractivity contribution in [1.29, 1.82) is 0 Å². The van der Waals surface area contributed by atoms with E-state index < -0.39 is 0 Å². The molecule has 0 saturated carbocycles. The third-order valence-corrected chi connectivity index (χ3v) is 2.92. The fourth-order valence-corrected chi connectivity index (χ4v) is 1.98. The van der Waals surface area contributed by atoms with Crippen LogP contribution in [-0.4, -0.2) is 20.6 Å². The number of hydrogen-bond acceptors (Lipinski definition) is 1. The van der Waals surface area contributed by atoms with Crippen LogP contribution < -0.4 is 0 Å². The minimum atomic E-state index is 0.384. The molecule has 32 valence electrons. The SMILES string of the molecule is C1=CO[Se]P=C1. The summed E-state index contributed by atoms with van der Waals surface area (Å²) < 4.78 is 4.91. The second-order valence-electron chi connectivity index (χ2n) is 0.754. The Morgan fingerprint density at radius 2 is 2.67 bits per heavy atom. The molecule has 0 saturated heterocycles. The molecule has 0 unspecified atom stereocenters. The molecule has 0 amide bonds. The Balaban J connectivity index is 2.46. The molecule has 0 aliphatic carbocycles. The molecule has 0 aromatic heterocycles. The minimum absolute atomic E-state index is 0.384. The fourth-order valence-electron chi connectivity index (χ4n) is 0.177. The van der Waals surface area contributed by atoms with Gasteiger partial charge in [0.05, 0.1) is 0 Å². The quantitative estimate of drug-likeness (QED) is 0.381. The van der Waals surface area contributed by atoms with Crippen LogP contribution in [0.3, 0.4) is 0 Å². The van der Waals surface area contributed by atoms with Crippen molar-refractivity contribution in [2.45, 2.75) is 0 Å². The van der Waals surface area contributed by atoms with Gasteiger partial charge in [0, 0.05) is 0 Å². The van der Waals surface area contributed by atoms with Crippen LogP contribution in [0.5, 0.6) is 0 Å². The Morgan fingerprint density at radius 1 is 1.67 bits per heavy atom. The molecule has 1 rings (SSSR count). The Kier molecular flexibility index (Phi) is 1.76. The zero-order valence-corrected chi connectivity index (χ0v) is 5.60. The first-order chi connectivity index (χ1) is 3.00. The van der Waals surface area contributed by atoms with Gasteiger partial charge in [0.15, 0.2) is 0 Å². The van der Waals surface area contributed by atoms with Crippen LogP contribution >= 0.6 is 6.89 Å². The number of rotatable bonds is 0. The van der Waals surface area contributed by atoms with E-state index >= 15 is 0 Å². The van der Waals surface area contributed by atoms with Crippen molar-refractivity contribution in [2.75, 3.05) is 0 Å². The van der Waals surface area contributed by atoms with Gasteiger partial charge in [-0.25, -0.2) is 0 Å². The van der Waals surface area contributed by atoms with Gasteiger partial charge in [0.25, 0.3) is 0 Å². The van der Waals surface area contributed by atoms with Crippen molar-refractivity contribution >= 4 is 27.5 Å². The third kappa shape index (κ3) is 1.14. The van der Waals surface area contributed by atoms with Crippen LogP contribution in [0, 0.1) is 0 Å². The average molecular weight is 165 g/mol. The molecule has 1 heterocycles. The Labute approximate surface area is 44.3 Å². The predicted octanol–water partition coefficient (Wildman–Crippen LogP) is 0.813. The predicted molar refractivity (Wildman–Crippen MR) is 29.0 cm³/mol. The van der Waals surface area contributed by atoms with E-state index in [0.29, 0.717) is 14.8 Å². The molecule has 0 N–H and O–H groups in total. The van der Waals surface area contributed by atoms with Gasteiger partial charge in [-0.15, -0.1) is 0 Å². The molecule has 6 heavy (non-hydrogen) atoms. The van der Waals surface area contributed by atoms with Gasteiger partial charge >= 0.3 is 43.7 Å². The molecular weight excluding hydrogens is 162 g/mol. The van der Waals surface area contributed by atoms with Crippen LogP contribution in [0.1, 0.15) is 0 Å². The van der Waals surface area contributed by atoms with Crippen molar-refractivity contribution < 1.29 is 3.82 Å². The summed E-state index contributed by atoms with van der Waals surface area (Å²) in [5, 5.41) is 0. The van der Waals surface area contributed by atoms with Gasteiger partial charge in [0.1, 0.15) is 0 Å². The van der Waals surface area contributed by atoms with Gasteiger partial charge in [-0.3, -0.25) is 0 Å². The van der Waals surface area contributed by atoms with Crippen molar-refractivity contribution in [3.63, 3.8) is 0 Å². The molecule has 1 nitrogen and oxygen atoms in total. The number of hydrogen-bond donors (Lipinski definition) is 0. The summed E-state index contributed by atoms with van der Waals surface area (Å²) in [5.74, 6) is 2.09. The standard InChI is InChI=1S/C3H3OPSe/c1-2-4-6-5-3-1/h1-3H. The second-order valence-corrected chi connectivity index (χ2v) is 4.08. The van der Waals surface area contributed by atoms with Crippen LogP contribution in [-0.2, 0) is 3.82 Å². The summed E-state index contributed by atoms with van der Waals surface area (Å²) in [6.45, 7) is 1.33. The Morgan fingerprint density at radius 3 is 2.83 bits per heavy atom. The van der Waals surface area contributed by atoms with E-state index in [1.165, 1.54) is 6.89 Å². The van der Waals surface area contributed by atoms with E-state index in [-0.39, 0.29) is 0 Å². The first-order valence-electron chi connectivity index (χ1n) is 1.51. The number of allylic oxidation sites excluding steroid dienone is 1. The normalized spacial score (nSPS) is 20.0. The first kappa shape index (κ1) is 4.39.